The largest absolute Gasteiger partial charge is 0.402 e. The summed E-state index contributed by atoms with van der Waals surface area (Å²) in [5.41, 5.74) is 3.65. The van der Waals surface area contributed by atoms with Gasteiger partial charge in [-0.2, -0.15) is 30.6 Å². The quantitative estimate of drug-likeness (QED) is 0.583. The Morgan fingerprint density at radius 3 is 2.57 bits per heavy atom. The minimum absolute atomic E-state index is 0.0601. The number of rotatable bonds is 3. The van der Waals surface area contributed by atoms with Gasteiger partial charge in [-0.15, -0.1) is 0 Å². The minimum Gasteiger partial charge on any atom is -0.356 e. The molecule has 2 aromatic heterocycles. The van der Waals surface area contributed by atoms with Crippen LogP contribution in [0.1, 0.15) is 24.0 Å². The molecule has 7 nitrogen and oxygen atoms in total. The summed E-state index contributed by atoms with van der Waals surface area (Å²) in [7, 11) is -4.20. The summed E-state index contributed by atoms with van der Waals surface area (Å²) in [6.07, 6.45) is 1.56. The summed E-state index contributed by atoms with van der Waals surface area (Å²) in [5, 5.41) is 4.15. The fourth-order valence-electron chi connectivity index (χ4n) is 6.06. The van der Waals surface area contributed by atoms with Crippen LogP contribution >= 0.6 is 0 Å². The Morgan fingerprint density at radius 2 is 1.86 bits per heavy atom. The molecule has 1 N–H and O–H groups in total. The maximum absolute atomic E-state index is 13.1. The van der Waals surface area contributed by atoms with E-state index in [2.05, 4.69) is 14.9 Å². The third-order valence-electron chi connectivity index (χ3n) is 7.66. The molecule has 1 saturated heterocycles. The van der Waals surface area contributed by atoms with Gasteiger partial charge in [0.25, 0.3) is 10.2 Å². The Morgan fingerprint density at radius 1 is 1.09 bits per heavy atom. The molecule has 1 saturated carbocycles. The molecule has 6 rings (SSSR count). The van der Waals surface area contributed by atoms with E-state index in [0.717, 1.165) is 35.1 Å². The standard InChI is InChI=1S/C24H23F3N4O3S/c25-24(26,27)14-31-13-23(30-35(31,32)33)19-5-6-20(23)10-18-8-16(4-3-15(18)9-19)22-11-21(29-34-22)17-2-1-7-28-12-17/h1-4,7-8,11-12,19-20,30H,5-6,9-10,13-14H2/t19-,20+,23-/m1/s1. The lowest BCUT2D eigenvalue weighted by Gasteiger charge is -2.33. The van der Waals surface area contributed by atoms with Gasteiger partial charge in [-0.25, -0.2) is 0 Å². The summed E-state index contributed by atoms with van der Waals surface area (Å²) < 4.78 is 73.4. The van der Waals surface area contributed by atoms with Crippen molar-refractivity contribution in [2.75, 3.05) is 13.1 Å². The van der Waals surface area contributed by atoms with E-state index in [4.69, 9.17) is 4.52 Å². The van der Waals surface area contributed by atoms with Crippen LogP contribution in [0.4, 0.5) is 13.2 Å². The monoisotopic (exact) mass is 504 g/mol. The van der Waals surface area contributed by atoms with Crippen LogP contribution in [0.15, 0.2) is 53.3 Å². The molecule has 0 amide bonds. The Bertz CT molecular complexity index is 1380. The molecule has 1 aromatic carbocycles. The molecule has 2 bridgehead atoms. The number of hydrogen-bond acceptors (Lipinski definition) is 5. The van der Waals surface area contributed by atoms with Crippen LogP contribution in [0.3, 0.4) is 0 Å². The first-order valence-electron chi connectivity index (χ1n) is 11.5. The van der Waals surface area contributed by atoms with Crippen molar-refractivity contribution in [3.05, 3.63) is 59.9 Å². The zero-order chi connectivity index (χ0) is 24.4. The first-order chi connectivity index (χ1) is 16.6. The molecule has 2 aliphatic carbocycles. The third kappa shape index (κ3) is 3.95. The topological polar surface area (TPSA) is 88.3 Å². The van der Waals surface area contributed by atoms with Gasteiger partial charge in [0, 0.05) is 36.1 Å². The number of nitrogens with zero attached hydrogens (tertiary/aromatic N) is 3. The van der Waals surface area contributed by atoms with Crippen molar-refractivity contribution in [2.24, 2.45) is 11.8 Å². The van der Waals surface area contributed by atoms with Gasteiger partial charge >= 0.3 is 6.18 Å². The van der Waals surface area contributed by atoms with E-state index in [1.54, 1.807) is 12.4 Å². The molecule has 3 aliphatic rings. The highest BCUT2D eigenvalue weighted by atomic mass is 32.2. The maximum atomic E-state index is 13.1. The van der Waals surface area contributed by atoms with Gasteiger partial charge in [-0.3, -0.25) is 4.98 Å². The Balaban J connectivity index is 1.30. The number of benzene rings is 1. The molecular weight excluding hydrogens is 481 g/mol. The molecule has 3 aromatic rings. The van der Waals surface area contributed by atoms with Gasteiger partial charge in [0.05, 0.1) is 5.54 Å². The second-order valence-electron chi connectivity index (χ2n) is 9.71. The predicted molar refractivity (Wildman–Crippen MR) is 121 cm³/mol. The summed E-state index contributed by atoms with van der Waals surface area (Å²) in [4.78, 5) is 4.11. The maximum Gasteiger partial charge on any atom is 0.402 e. The highest BCUT2D eigenvalue weighted by molar-refractivity contribution is 7.87. The van der Waals surface area contributed by atoms with Gasteiger partial charge in [-0.05, 0) is 66.8 Å². The van der Waals surface area contributed by atoms with Crippen molar-refractivity contribution in [3.8, 4) is 22.6 Å². The Hall–Kier alpha value is -2.76. The Labute approximate surface area is 200 Å². The highest BCUT2D eigenvalue weighted by Gasteiger charge is 2.60. The summed E-state index contributed by atoms with van der Waals surface area (Å²) >= 11 is 0. The van der Waals surface area contributed by atoms with E-state index in [1.807, 2.05) is 36.4 Å². The Kier molecular flexibility index (Phi) is 5.10. The number of halogens is 3. The van der Waals surface area contributed by atoms with Crippen LogP contribution in [-0.2, 0) is 23.1 Å². The molecule has 2 fully saturated rings. The normalized spacial score (nSPS) is 27.7. The molecule has 3 heterocycles. The van der Waals surface area contributed by atoms with Crippen LogP contribution in [0, 0.1) is 11.8 Å². The number of pyridine rings is 1. The second-order valence-corrected chi connectivity index (χ2v) is 11.4. The molecule has 0 unspecified atom stereocenters. The summed E-state index contributed by atoms with van der Waals surface area (Å²) in [6.45, 7) is -1.62. The fourth-order valence-corrected chi connectivity index (χ4v) is 7.77. The molecule has 184 valence electrons. The third-order valence-corrected chi connectivity index (χ3v) is 9.24. The van der Waals surface area contributed by atoms with Crippen LogP contribution in [0.25, 0.3) is 22.6 Å². The summed E-state index contributed by atoms with van der Waals surface area (Å²) in [5.74, 6) is 0.460. The van der Waals surface area contributed by atoms with Gasteiger partial charge < -0.3 is 4.52 Å². The minimum atomic E-state index is -4.59. The van der Waals surface area contributed by atoms with Gasteiger partial charge in [0.15, 0.2) is 5.76 Å². The SMILES string of the molecule is O=S1(=O)N[C@]2(CN1CC(F)(F)F)[C@@H]1CC[C@H]2Cc2cc(-c3cc(-c4cccnc4)no3)ccc2C1. The van der Waals surface area contributed by atoms with Gasteiger partial charge in [0.2, 0.25) is 0 Å². The lowest BCUT2D eigenvalue weighted by atomic mass is 9.79. The number of hydrogen-bond donors (Lipinski definition) is 1. The zero-order valence-electron chi connectivity index (χ0n) is 18.6. The number of alkyl halides is 3. The van der Waals surface area contributed by atoms with E-state index in [0.29, 0.717) is 28.6 Å². The van der Waals surface area contributed by atoms with Crippen molar-refractivity contribution >= 4 is 10.2 Å². The van der Waals surface area contributed by atoms with E-state index < -0.39 is 28.5 Å². The first kappa shape index (κ1) is 22.7. The average Bonchev–Trinajstić information content (AvgIpc) is 3.43. The number of aromatic nitrogens is 2. The van der Waals surface area contributed by atoms with Gasteiger partial charge in [0.1, 0.15) is 12.2 Å². The molecule has 3 atom stereocenters. The van der Waals surface area contributed by atoms with Crippen molar-refractivity contribution in [2.45, 2.75) is 37.4 Å². The summed E-state index contributed by atoms with van der Waals surface area (Å²) in [6, 6.07) is 11.6. The fraction of sp³-hybridized carbons (Fsp3) is 0.417. The van der Waals surface area contributed by atoms with Crippen LogP contribution in [-0.4, -0.2) is 47.7 Å². The molecule has 11 heteroatoms. The second kappa shape index (κ2) is 7.87. The molecule has 1 spiro atoms. The lowest BCUT2D eigenvalue weighted by Crippen LogP contribution is -2.52. The van der Waals surface area contributed by atoms with Crippen LogP contribution in [0.5, 0.6) is 0 Å². The van der Waals surface area contributed by atoms with Crippen LogP contribution < -0.4 is 4.72 Å². The van der Waals surface area contributed by atoms with Crippen molar-refractivity contribution < 1.29 is 26.1 Å². The van der Waals surface area contributed by atoms with Gasteiger partial charge in [-0.1, -0.05) is 17.3 Å². The van der Waals surface area contributed by atoms with Crippen molar-refractivity contribution in [3.63, 3.8) is 0 Å². The van der Waals surface area contributed by atoms with Crippen molar-refractivity contribution in [1.82, 2.24) is 19.2 Å². The lowest BCUT2D eigenvalue weighted by molar-refractivity contribution is -0.136. The number of nitrogens with one attached hydrogen (secondary N) is 1. The zero-order valence-corrected chi connectivity index (χ0v) is 19.4. The van der Waals surface area contributed by atoms with E-state index >= 15 is 0 Å². The van der Waals surface area contributed by atoms with Crippen LogP contribution in [0.2, 0.25) is 0 Å². The molecule has 0 radical (unpaired) electrons. The van der Waals surface area contributed by atoms with Crippen molar-refractivity contribution in [1.29, 1.82) is 0 Å². The van der Waals surface area contributed by atoms with E-state index in [-0.39, 0.29) is 18.4 Å². The molecule has 35 heavy (non-hydrogen) atoms. The molecular formula is C24H23F3N4O3S. The van der Waals surface area contributed by atoms with E-state index in [9.17, 15) is 21.6 Å². The molecule has 1 aliphatic heterocycles. The highest BCUT2D eigenvalue weighted by Crippen LogP contribution is 2.51. The average molecular weight is 505 g/mol. The predicted octanol–water partition coefficient (Wildman–Crippen LogP) is 3.98. The smallest absolute Gasteiger partial charge is 0.356 e. The number of fused-ring (bicyclic) bond motifs is 1. The van der Waals surface area contributed by atoms with E-state index in [1.165, 1.54) is 0 Å². The first-order valence-corrected chi connectivity index (χ1v) is 12.9.